The van der Waals surface area contributed by atoms with Crippen LogP contribution in [0.15, 0.2) is 17.1 Å². The Kier molecular flexibility index (Phi) is 6.22. The standard InChI is InChI=1S/C22H27F2N5O4/c1-12(2)10-28-20-13(3-6-16(30)27-8-7-14(11-27)18(23)24)9-25-29(20)22(33)17(21(28)32)19(31)26-15-4-5-15/h3,6,9,12,14-15,18H,4-5,7-8,10-11H2,1-2H3,(H2,26,31,32,33)/p+1/b6-3+. The zero-order valence-corrected chi connectivity index (χ0v) is 18.6. The van der Waals surface area contributed by atoms with Crippen molar-refractivity contribution in [3.8, 4) is 5.88 Å². The Bertz CT molecular complexity index is 1170. The Labute approximate surface area is 188 Å². The van der Waals surface area contributed by atoms with Crippen molar-refractivity contribution in [2.24, 2.45) is 11.8 Å². The Morgan fingerprint density at radius 1 is 1.33 bits per heavy atom. The molecule has 3 heterocycles. The first-order valence-electron chi connectivity index (χ1n) is 11.1. The van der Waals surface area contributed by atoms with Gasteiger partial charge in [-0.25, -0.2) is 18.7 Å². The van der Waals surface area contributed by atoms with E-state index in [1.165, 1.54) is 27.8 Å². The molecule has 2 aromatic heterocycles. The van der Waals surface area contributed by atoms with Crippen LogP contribution in [0.4, 0.5) is 8.78 Å². The van der Waals surface area contributed by atoms with Gasteiger partial charge in [0.25, 0.3) is 5.91 Å². The summed E-state index contributed by atoms with van der Waals surface area (Å²) in [5.41, 5.74) is -0.310. The van der Waals surface area contributed by atoms with Crippen LogP contribution in [0.1, 0.15) is 49.0 Å². The zero-order chi connectivity index (χ0) is 23.9. The van der Waals surface area contributed by atoms with Crippen LogP contribution in [0, 0.1) is 11.8 Å². The van der Waals surface area contributed by atoms with E-state index >= 15 is 0 Å². The number of nitrogens with one attached hydrogen (secondary N) is 2. The molecule has 33 heavy (non-hydrogen) atoms. The highest BCUT2D eigenvalue weighted by Crippen LogP contribution is 2.23. The van der Waals surface area contributed by atoms with Gasteiger partial charge in [-0.1, -0.05) is 18.4 Å². The number of hydrogen-bond donors (Lipinski definition) is 3. The number of carbonyl (C=O) groups is 2. The Morgan fingerprint density at radius 2 is 2.06 bits per heavy atom. The van der Waals surface area contributed by atoms with Crippen LogP contribution in [0.5, 0.6) is 5.88 Å². The number of rotatable bonds is 7. The number of aromatic hydroxyl groups is 1. The first-order chi connectivity index (χ1) is 15.7. The molecule has 1 atom stereocenters. The highest BCUT2D eigenvalue weighted by Gasteiger charge is 2.35. The summed E-state index contributed by atoms with van der Waals surface area (Å²) in [5, 5.41) is 16.4. The van der Waals surface area contributed by atoms with Crippen molar-refractivity contribution in [3.63, 3.8) is 0 Å². The van der Waals surface area contributed by atoms with Crippen LogP contribution in [0.3, 0.4) is 0 Å². The van der Waals surface area contributed by atoms with Gasteiger partial charge in [-0.2, -0.15) is 4.57 Å². The lowest BCUT2D eigenvalue weighted by Gasteiger charge is -2.13. The van der Waals surface area contributed by atoms with E-state index in [-0.39, 0.29) is 37.0 Å². The lowest BCUT2D eigenvalue weighted by Crippen LogP contribution is -2.46. The van der Waals surface area contributed by atoms with Gasteiger partial charge in [0, 0.05) is 31.1 Å². The van der Waals surface area contributed by atoms with Gasteiger partial charge in [0.2, 0.25) is 17.9 Å². The Balaban J connectivity index is 1.70. The van der Waals surface area contributed by atoms with E-state index in [4.69, 9.17) is 0 Å². The summed E-state index contributed by atoms with van der Waals surface area (Å²) < 4.78 is 28.4. The molecular formula is C22H28F2N5O4+. The molecule has 2 aliphatic rings. The third-order valence-corrected chi connectivity index (χ3v) is 5.96. The number of fused-ring (bicyclic) bond motifs is 1. The molecule has 178 valence electrons. The summed E-state index contributed by atoms with van der Waals surface area (Å²) in [5.74, 6) is -2.21. The van der Waals surface area contributed by atoms with E-state index in [0.717, 1.165) is 17.4 Å². The minimum atomic E-state index is -2.46. The van der Waals surface area contributed by atoms with Gasteiger partial charge in [-0.3, -0.25) is 9.59 Å². The molecule has 2 aromatic rings. The fraction of sp³-hybridized carbons (Fsp3) is 0.545. The van der Waals surface area contributed by atoms with Crippen LogP contribution >= 0.6 is 0 Å². The summed E-state index contributed by atoms with van der Waals surface area (Å²) in [6.07, 6.45) is 3.70. The minimum Gasteiger partial charge on any atom is -0.477 e. The molecular weight excluding hydrogens is 436 g/mol. The zero-order valence-electron chi connectivity index (χ0n) is 18.6. The van der Waals surface area contributed by atoms with Crippen LogP contribution in [-0.4, -0.2) is 57.0 Å². The quantitative estimate of drug-likeness (QED) is 0.424. The van der Waals surface area contributed by atoms with Gasteiger partial charge in [-0.15, -0.1) is 0 Å². The number of aromatic amines is 1. The van der Waals surface area contributed by atoms with Crippen LogP contribution < -0.4 is 15.4 Å². The maximum absolute atomic E-state index is 13.0. The van der Waals surface area contributed by atoms with Crippen molar-refractivity contribution in [1.29, 1.82) is 0 Å². The number of nitrogens with zero attached hydrogens (tertiary/aromatic N) is 3. The molecule has 9 nitrogen and oxygen atoms in total. The van der Waals surface area contributed by atoms with E-state index in [9.17, 15) is 28.3 Å². The Hall–Kier alpha value is -3.24. The lowest BCUT2D eigenvalue weighted by molar-refractivity contribution is -0.686. The number of hydrogen-bond acceptors (Lipinski definition) is 4. The molecule has 1 unspecified atom stereocenters. The van der Waals surface area contributed by atoms with E-state index in [0.29, 0.717) is 17.8 Å². The largest absolute Gasteiger partial charge is 0.477 e. The molecule has 4 rings (SSSR count). The molecule has 0 spiro atoms. The highest BCUT2D eigenvalue weighted by atomic mass is 19.3. The maximum Gasteiger partial charge on any atom is 0.378 e. The average molecular weight is 464 g/mol. The Morgan fingerprint density at radius 3 is 2.67 bits per heavy atom. The van der Waals surface area contributed by atoms with Crippen molar-refractivity contribution in [2.75, 3.05) is 13.1 Å². The average Bonchev–Trinajstić information content (AvgIpc) is 3.26. The molecule has 11 heteroatoms. The highest BCUT2D eigenvalue weighted by molar-refractivity contribution is 5.96. The third kappa shape index (κ3) is 4.62. The fourth-order valence-electron chi connectivity index (χ4n) is 4.07. The van der Waals surface area contributed by atoms with Crippen molar-refractivity contribution in [1.82, 2.24) is 19.8 Å². The molecule has 1 aliphatic carbocycles. The lowest BCUT2D eigenvalue weighted by atomic mass is 10.1. The molecule has 3 N–H and O–H groups in total. The number of H-pyrrole nitrogens is 1. The van der Waals surface area contributed by atoms with Gasteiger partial charge in [0.05, 0.1) is 18.3 Å². The number of halogens is 2. The summed E-state index contributed by atoms with van der Waals surface area (Å²) in [4.78, 5) is 39.5. The minimum absolute atomic E-state index is 0.00177. The first kappa shape index (κ1) is 22.9. The number of alkyl halides is 2. The van der Waals surface area contributed by atoms with Gasteiger partial charge in [0.15, 0.2) is 0 Å². The summed E-state index contributed by atoms with van der Waals surface area (Å²) in [6, 6.07) is 0.0129. The van der Waals surface area contributed by atoms with Crippen molar-refractivity contribution < 1.29 is 28.0 Å². The second-order valence-corrected chi connectivity index (χ2v) is 9.14. The van der Waals surface area contributed by atoms with Gasteiger partial charge >= 0.3 is 17.1 Å². The maximum atomic E-state index is 13.0. The predicted octanol–water partition coefficient (Wildman–Crippen LogP) is 1.30. The number of likely N-dealkylation sites (tertiary alicyclic amines) is 1. The first-order valence-corrected chi connectivity index (χ1v) is 11.1. The second-order valence-electron chi connectivity index (χ2n) is 9.14. The molecule has 1 saturated carbocycles. The fourth-order valence-corrected chi connectivity index (χ4v) is 4.07. The van der Waals surface area contributed by atoms with E-state index < -0.39 is 35.6 Å². The summed E-state index contributed by atoms with van der Waals surface area (Å²) in [7, 11) is 0. The third-order valence-electron chi connectivity index (χ3n) is 5.96. The topological polar surface area (TPSA) is 111 Å². The predicted molar refractivity (Wildman–Crippen MR) is 115 cm³/mol. The van der Waals surface area contributed by atoms with Gasteiger partial charge in [0.1, 0.15) is 0 Å². The number of aromatic nitrogens is 3. The molecule has 1 saturated heterocycles. The van der Waals surface area contributed by atoms with E-state index in [1.54, 1.807) is 0 Å². The van der Waals surface area contributed by atoms with Gasteiger partial charge in [-0.05, 0) is 31.3 Å². The van der Waals surface area contributed by atoms with Crippen LogP contribution in [-0.2, 0) is 11.3 Å². The van der Waals surface area contributed by atoms with E-state index in [2.05, 4.69) is 10.4 Å². The SMILES string of the molecule is CC(C)C[n+]1c(O)c(C(=O)NC2CC2)c(=O)n2[nH]cc(/C=C/C(=O)N3CCC(C(F)F)C3)c21. The van der Waals surface area contributed by atoms with Crippen LogP contribution in [0.2, 0.25) is 0 Å². The van der Waals surface area contributed by atoms with Crippen LogP contribution in [0.25, 0.3) is 11.7 Å². The number of amides is 2. The molecule has 2 fully saturated rings. The molecule has 0 radical (unpaired) electrons. The second kappa shape index (κ2) is 8.95. The van der Waals surface area contributed by atoms with E-state index in [1.807, 2.05) is 13.8 Å². The molecule has 1 aliphatic heterocycles. The van der Waals surface area contributed by atoms with Crippen molar-refractivity contribution in [3.05, 3.63) is 33.8 Å². The van der Waals surface area contributed by atoms with Crippen molar-refractivity contribution >= 4 is 23.5 Å². The molecule has 2 amide bonds. The normalized spacial score (nSPS) is 18.8. The molecule has 0 aromatic carbocycles. The number of carbonyl (C=O) groups excluding carboxylic acids is 2. The van der Waals surface area contributed by atoms with Crippen molar-refractivity contribution in [2.45, 2.75) is 52.1 Å². The summed E-state index contributed by atoms with van der Waals surface area (Å²) >= 11 is 0. The molecule has 0 bridgehead atoms. The smallest absolute Gasteiger partial charge is 0.378 e. The monoisotopic (exact) mass is 464 g/mol. The summed E-state index contributed by atoms with van der Waals surface area (Å²) in [6.45, 7) is 4.43. The van der Waals surface area contributed by atoms with Gasteiger partial charge < -0.3 is 15.3 Å².